The van der Waals surface area contributed by atoms with Crippen LogP contribution in [0.4, 0.5) is 0 Å². The number of hydrogen-bond donors (Lipinski definition) is 0. The minimum absolute atomic E-state index is 0.725. The summed E-state index contributed by atoms with van der Waals surface area (Å²) in [4.78, 5) is 8.05. The van der Waals surface area contributed by atoms with E-state index in [4.69, 9.17) is 0 Å². The zero-order valence-corrected chi connectivity index (χ0v) is 16.4. The summed E-state index contributed by atoms with van der Waals surface area (Å²) in [5.74, 6) is 1.87. The third-order valence-electron chi connectivity index (χ3n) is 7.43. The van der Waals surface area contributed by atoms with Gasteiger partial charge in [0.05, 0.1) is 0 Å². The zero-order chi connectivity index (χ0) is 16.8. The molecule has 1 spiro atoms. The van der Waals surface area contributed by atoms with Gasteiger partial charge in [0.2, 0.25) is 0 Å². The average molecular weight is 334 g/mol. The Morgan fingerprint density at radius 3 is 2.25 bits per heavy atom. The first-order valence-electron chi connectivity index (χ1n) is 10.6. The van der Waals surface area contributed by atoms with Crippen LogP contribution in [0.15, 0.2) is 0 Å². The summed E-state index contributed by atoms with van der Waals surface area (Å²) in [6, 6.07) is 0. The fourth-order valence-electron chi connectivity index (χ4n) is 6.13. The summed E-state index contributed by atoms with van der Waals surface area (Å²) in [6.07, 6.45) is 8.99. The van der Waals surface area contributed by atoms with Gasteiger partial charge in [0.15, 0.2) is 0 Å². The van der Waals surface area contributed by atoms with Gasteiger partial charge in [-0.3, -0.25) is 0 Å². The van der Waals surface area contributed by atoms with Gasteiger partial charge >= 0.3 is 0 Å². The van der Waals surface area contributed by atoms with E-state index in [9.17, 15) is 0 Å². The van der Waals surface area contributed by atoms with E-state index in [0.29, 0.717) is 0 Å². The molecule has 4 aliphatic rings. The maximum Gasteiger partial charge on any atom is 0.0110 e. The molecule has 2 heterocycles. The van der Waals surface area contributed by atoms with E-state index in [2.05, 4.69) is 35.6 Å². The molecule has 3 heteroatoms. The number of likely N-dealkylation sites (tertiary alicyclic amines) is 1. The minimum atomic E-state index is 0.725. The minimum Gasteiger partial charge on any atom is -0.304 e. The molecule has 2 saturated heterocycles. The van der Waals surface area contributed by atoms with Crippen molar-refractivity contribution < 1.29 is 0 Å². The van der Waals surface area contributed by atoms with Crippen LogP contribution in [0, 0.1) is 22.7 Å². The predicted octanol–water partition coefficient (Wildman–Crippen LogP) is 3.16. The Hall–Kier alpha value is -0.120. The number of piperazine rings is 1. The molecular formula is C21H39N3. The van der Waals surface area contributed by atoms with Gasteiger partial charge in [-0.1, -0.05) is 13.8 Å². The van der Waals surface area contributed by atoms with Crippen molar-refractivity contribution in [3.8, 4) is 0 Å². The number of likely N-dealkylation sites (N-methyl/N-ethyl adjacent to an activating group) is 1. The normalized spacial score (nSPS) is 37.2. The molecule has 4 rings (SSSR count). The van der Waals surface area contributed by atoms with Crippen LogP contribution in [0.1, 0.15) is 52.4 Å². The van der Waals surface area contributed by atoms with Gasteiger partial charge in [0.1, 0.15) is 0 Å². The van der Waals surface area contributed by atoms with Crippen LogP contribution in [0.3, 0.4) is 0 Å². The fourth-order valence-corrected chi connectivity index (χ4v) is 6.13. The molecule has 24 heavy (non-hydrogen) atoms. The lowest BCUT2D eigenvalue weighted by Crippen LogP contribution is -2.50. The third kappa shape index (κ3) is 3.83. The topological polar surface area (TPSA) is 9.72 Å². The van der Waals surface area contributed by atoms with E-state index in [0.717, 1.165) is 22.7 Å². The monoisotopic (exact) mass is 333 g/mol. The smallest absolute Gasteiger partial charge is 0.0110 e. The summed E-state index contributed by atoms with van der Waals surface area (Å²) >= 11 is 0. The molecule has 2 aliphatic carbocycles. The summed E-state index contributed by atoms with van der Waals surface area (Å²) in [7, 11) is 2.26. The molecule has 0 atom stereocenters. The molecule has 0 aromatic rings. The Balaban J connectivity index is 1.19. The highest BCUT2D eigenvalue weighted by Gasteiger charge is 2.51. The van der Waals surface area contributed by atoms with Gasteiger partial charge in [-0.15, -0.1) is 0 Å². The molecule has 0 aromatic heterocycles. The first kappa shape index (κ1) is 17.3. The molecule has 2 aliphatic heterocycles. The average Bonchev–Trinajstić information content (AvgIpc) is 3.09. The SMILES string of the molecule is CC(C)CC1(CN2CCC3(CC(CN4CCN(C)CC4)C3)C2)CC1. The van der Waals surface area contributed by atoms with Gasteiger partial charge in [0.25, 0.3) is 0 Å². The van der Waals surface area contributed by atoms with Crippen molar-refractivity contribution >= 4 is 0 Å². The van der Waals surface area contributed by atoms with Crippen molar-refractivity contribution in [1.29, 1.82) is 0 Å². The second kappa shape index (κ2) is 6.55. The lowest BCUT2D eigenvalue weighted by atomic mass is 9.61. The van der Waals surface area contributed by atoms with Crippen molar-refractivity contribution in [2.24, 2.45) is 22.7 Å². The van der Waals surface area contributed by atoms with Gasteiger partial charge in [-0.2, -0.15) is 0 Å². The van der Waals surface area contributed by atoms with Crippen molar-refractivity contribution in [3.63, 3.8) is 0 Å². The quantitative estimate of drug-likeness (QED) is 0.739. The Bertz CT molecular complexity index is 428. The van der Waals surface area contributed by atoms with Crippen molar-refractivity contribution in [1.82, 2.24) is 14.7 Å². The van der Waals surface area contributed by atoms with Crippen LogP contribution in [0.2, 0.25) is 0 Å². The van der Waals surface area contributed by atoms with Gasteiger partial charge in [0, 0.05) is 45.8 Å². The zero-order valence-electron chi connectivity index (χ0n) is 16.4. The van der Waals surface area contributed by atoms with Crippen LogP contribution in [0.5, 0.6) is 0 Å². The van der Waals surface area contributed by atoms with Crippen molar-refractivity contribution in [3.05, 3.63) is 0 Å². The number of hydrogen-bond acceptors (Lipinski definition) is 3. The molecule has 138 valence electrons. The fraction of sp³-hybridized carbons (Fsp3) is 1.00. The first-order valence-corrected chi connectivity index (χ1v) is 10.6. The highest BCUT2D eigenvalue weighted by Crippen LogP contribution is 2.55. The second-order valence-electron chi connectivity index (χ2n) is 10.4. The summed E-state index contributed by atoms with van der Waals surface area (Å²) < 4.78 is 0. The van der Waals surface area contributed by atoms with E-state index < -0.39 is 0 Å². The Morgan fingerprint density at radius 1 is 0.917 bits per heavy atom. The molecule has 3 nitrogen and oxygen atoms in total. The van der Waals surface area contributed by atoms with Gasteiger partial charge in [-0.25, -0.2) is 0 Å². The van der Waals surface area contributed by atoms with Gasteiger partial charge in [-0.05, 0) is 74.8 Å². The number of nitrogens with zero attached hydrogens (tertiary/aromatic N) is 3. The molecule has 0 aromatic carbocycles. The van der Waals surface area contributed by atoms with Crippen LogP contribution >= 0.6 is 0 Å². The molecule has 0 bridgehead atoms. The Kier molecular flexibility index (Phi) is 4.73. The standard InChI is InChI=1S/C21H39N3/c1-18(2)12-20(4-5-20)16-24-7-6-21(17-24)13-19(14-21)15-23-10-8-22(3)9-11-23/h18-19H,4-17H2,1-3H3. The summed E-state index contributed by atoms with van der Waals surface area (Å²) in [6.45, 7) is 15.5. The molecule has 0 unspecified atom stereocenters. The Morgan fingerprint density at radius 2 is 1.62 bits per heavy atom. The molecule has 0 amide bonds. The van der Waals surface area contributed by atoms with Gasteiger partial charge < -0.3 is 14.7 Å². The van der Waals surface area contributed by atoms with Crippen molar-refractivity contribution in [2.75, 3.05) is 59.4 Å². The van der Waals surface area contributed by atoms with Crippen molar-refractivity contribution in [2.45, 2.75) is 52.4 Å². The van der Waals surface area contributed by atoms with E-state index in [1.54, 1.807) is 0 Å². The van der Waals surface area contributed by atoms with E-state index >= 15 is 0 Å². The first-order chi connectivity index (χ1) is 11.5. The Labute approximate surface area is 149 Å². The third-order valence-corrected chi connectivity index (χ3v) is 7.43. The summed E-state index contributed by atoms with van der Waals surface area (Å²) in [5.41, 5.74) is 1.45. The highest BCUT2D eigenvalue weighted by molar-refractivity contribution is 5.04. The highest BCUT2D eigenvalue weighted by atomic mass is 15.2. The molecule has 0 radical (unpaired) electrons. The second-order valence-corrected chi connectivity index (χ2v) is 10.4. The number of rotatable bonds is 6. The molecule has 2 saturated carbocycles. The lowest BCUT2D eigenvalue weighted by Gasteiger charge is -2.48. The van der Waals surface area contributed by atoms with Crippen LogP contribution in [-0.4, -0.2) is 74.1 Å². The molecular weight excluding hydrogens is 294 g/mol. The van der Waals surface area contributed by atoms with E-state index in [-0.39, 0.29) is 0 Å². The largest absolute Gasteiger partial charge is 0.304 e. The van der Waals surface area contributed by atoms with Crippen LogP contribution < -0.4 is 0 Å². The van der Waals surface area contributed by atoms with Crippen LogP contribution in [0.25, 0.3) is 0 Å². The predicted molar refractivity (Wildman–Crippen MR) is 101 cm³/mol. The summed E-state index contributed by atoms with van der Waals surface area (Å²) in [5, 5.41) is 0. The maximum absolute atomic E-state index is 2.85. The lowest BCUT2D eigenvalue weighted by molar-refractivity contribution is 0.0236. The maximum atomic E-state index is 2.85. The molecule has 0 N–H and O–H groups in total. The van der Waals surface area contributed by atoms with E-state index in [1.807, 2.05) is 0 Å². The van der Waals surface area contributed by atoms with Crippen LogP contribution in [-0.2, 0) is 0 Å². The molecule has 4 fully saturated rings. The van der Waals surface area contributed by atoms with E-state index in [1.165, 1.54) is 90.9 Å².